The van der Waals surface area contributed by atoms with Gasteiger partial charge >= 0.3 is 12.1 Å². The third-order valence-corrected chi connectivity index (χ3v) is 8.16. The van der Waals surface area contributed by atoms with E-state index in [1.165, 1.54) is 7.11 Å². The van der Waals surface area contributed by atoms with E-state index in [9.17, 15) is 9.59 Å². The summed E-state index contributed by atoms with van der Waals surface area (Å²) in [5.74, 6) is -0.208. The Labute approximate surface area is 234 Å². The molecule has 1 fully saturated rings. The lowest BCUT2D eigenvalue weighted by Crippen LogP contribution is -2.40. The fourth-order valence-corrected chi connectivity index (χ4v) is 5.63. The SMILES string of the molecule is CCC1CC(c2nn(C3CCCCO3)cc2CN(C)CCN(C)C(=O)OC(C)(C)C)=CC(C(=O)OC)C1(C)C. The second-order valence-corrected chi connectivity index (χ2v) is 12.8. The molecule has 0 N–H and O–H groups in total. The lowest BCUT2D eigenvalue weighted by molar-refractivity contribution is -0.148. The Morgan fingerprint density at radius 1 is 1.21 bits per heavy atom. The maximum atomic E-state index is 12.9. The first kappa shape index (κ1) is 31.1. The molecule has 1 amide bonds. The molecular weight excluding hydrogens is 496 g/mol. The summed E-state index contributed by atoms with van der Waals surface area (Å²) in [4.78, 5) is 29.1. The van der Waals surface area contributed by atoms with Crippen LogP contribution in [0.3, 0.4) is 0 Å². The minimum absolute atomic E-state index is 0.0751. The first-order chi connectivity index (χ1) is 18.3. The van der Waals surface area contributed by atoms with Crippen molar-refractivity contribution in [3.05, 3.63) is 23.5 Å². The standard InChI is InChI=1S/C30H50N4O5/c1-10-23-17-21(18-24(27(35)37-9)30(23,5)6)26-22(20-34(31-26)25-13-11-12-16-38-25)19-32(7)14-15-33(8)28(36)39-29(2,3)4/h18,20,23-25H,10-17,19H2,1-9H3. The molecule has 3 unspecified atom stereocenters. The highest BCUT2D eigenvalue weighted by atomic mass is 16.6. The number of methoxy groups -OCH3 is 1. The van der Waals surface area contributed by atoms with Crippen LogP contribution in [-0.4, -0.2) is 78.1 Å². The minimum Gasteiger partial charge on any atom is -0.469 e. The van der Waals surface area contributed by atoms with Crippen LogP contribution in [0.4, 0.5) is 4.79 Å². The van der Waals surface area contributed by atoms with Gasteiger partial charge in [-0.25, -0.2) is 9.48 Å². The Morgan fingerprint density at radius 2 is 1.92 bits per heavy atom. The number of carbonyl (C=O) groups excluding carboxylic acids is 2. The Kier molecular flexibility index (Phi) is 10.3. The predicted molar refractivity (Wildman–Crippen MR) is 152 cm³/mol. The number of hydrogen-bond donors (Lipinski definition) is 0. The summed E-state index contributed by atoms with van der Waals surface area (Å²) in [6.07, 6.45) is 8.75. The van der Waals surface area contributed by atoms with Crippen LogP contribution in [0.1, 0.15) is 91.1 Å². The fraction of sp³-hybridized carbons (Fsp3) is 0.767. The Morgan fingerprint density at radius 3 is 2.51 bits per heavy atom. The van der Waals surface area contributed by atoms with Gasteiger partial charge in [-0.1, -0.05) is 33.3 Å². The number of nitrogens with zero attached hydrogens (tertiary/aromatic N) is 4. The van der Waals surface area contributed by atoms with Gasteiger partial charge in [0.1, 0.15) is 11.8 Å². The highest BCUT2D eigenvalue weighted by molar-refractivity contribution is 5.80. The Hall–Kier alpha value is -2.39. The number of amides is 1. The van der Waals surface area contributed by atoms with Gasteiger partial charge in [-0.3, -0.25) is 4.79 Å². The van der Waals surface area contributed by atoms with Gasteiger partial charge in [-0.05, 0) is 70.4 Å². The summed E-state index contributed by atoms with van der Waals surface area (Å²) in [7, 11) is 5.27. The number of likely N-dealkylation sites (N-methyl/N-ethyl adjacent to an activating group) is 2. The van der Waals surface area contributed by atoms with Crippen LogP contribution in [-0.2, 0) is 25.5 Å². The van der Waals surface area contributed by atoms with Crippen molar-refractivity contribution in [2.24, 2.45) is 17.3 Å². The van der Waals surface area contributed by atoms with Crippen molar-refractivity contribution in [2.75, 3.05) is 40.9 Å². The minimum atomic E-state index is -0.525. The third kappa shape index (κ3) is 7.84. The summed E-state index contributed by atoms with van der Waals surface area (Å²) in [6, 6.07) is 0. The molecule has 3 rings (SSSR count). The number of carbonyl (C=O) groups is 2. The largest absolute Gasteiger partial charge is 0.469 e. The first-order valence-corrected chi connectivity index (χ1v) is 14.4. The molecular formula is C30H50N4O5. The predicted octanol–water partition coefficient (Wildman–Crippen LogP) is 5.51. The molecule has 1 aromatic rings. The molecule has 2 heterocycles. The molecule has 9 nitrogen and oxygen atoms in total. The summed E-state index contributed by atoms with van der Waals surface area (Å²) in [5, 5.41) is 5.07. The second-order valence-electron chi connectivity index (χ2n) is 12.8. The molecule has 3 atom stereocenters. The van der Waals surface area contributed by atoms with E-state index in [0.29, 0.717) is 25.6 Å². The Balaban J connectivity index is 1.87. The van der Waals surface area contributed by atoms with Crippen molar-refractivity contribution >= 4 is 17.6 Å². The van der Waals surface area contributed by atoms with Crippen LogP contribution in [0, 0.1) is 17.3 Å². The molecule has 0 radical (unpaired) electrons. The van der Waals surface area contributed by atoms with Gasteiger partial charge in [0.05, 0.1) is 18.7 Å². The monoisotopic (exact) mass is 546 g/mol. The molecule has 1 aliphatic heterocycles. The molecule has 220 valence electrons. The van der Waals surface area contributed by atoms with Crippen molar-refractivity contribution in [1.82, 2.24) is 19.6 Å². The van der Waals surface area contributed by atoms with Gasteiger partial charge in [0, 0.05) is 45.0 Å². The zero-order valence-corrected chi connectivity index (χ0v) is 25.6. The van der Waals surface area contributed by atoms with E-state index >= 15 is 0 Å². The number of rotatable bonds is 9. The Bertz CT molecular complexity index is 1020. The number of hydrogen-bond acceptors (Lipinski definition) is 7. The molecule has 1 aliphatic carbocycles. The molecule has 0 aromatic carbocycles. The summed E-state index contributed by atoms with van der Waals surface area (Å²) in [5.41, 5.74) is 2.39. The lowest BCUT2D eigenvalue weighted by atomic mass is 9.62. The summed E-state index contributed by atoms with van der Waals surface area (Å²) in [6.45, 7) is 14.7. The highest BCUT2D eigenvalue weighted by Crippen LogP contribution is 2.48. The van der Waals surface area contributed by atoms with Crippen LogP contribution in [0.5, 0.6) is 0 Å². The molecule has 1 aromatic heterocycles. The third-order valence-electron chi connectivity index (χ3n) is 8.16. The average Bonchev–Trinajstić information content (AvgIpc) is 3.29. The highest BCUT2D eigenvalue weighted by Gasteiger charge is 2.44. The van der Waals surface area contributed by atoms with Gasteiger partial charge in [-0.2, -0.15) is 5.10 Å². The second kappa shape index (κ2) is 12.9. The van der Waals surface area contributed by atoms with E-state index in [0.717, 1.165) is 55.5 Å². The topological polar surface area (TPSA) is 86.1 Å². The number of esters is 1. The lowest BCUT2D eigenvalue weighted by Gasteiger charge is -2.42. The summed E-state index contributed by atoms with van der Waals surface area (Å²) >= 11 is 0. The van der Waals surface area contributed by atoms with E-state index in [4.69, 9.17) is 19.3 Å². The fourth-order valence-electron chi connectivity index (χ4n) is 5.63. The van der Waals surface area contributed by atoms with Gasteiger partial charge in [-0.15, -0.1) is 0 Å². The van der Waals surface area contributed by atoms with Gasteiger partial charge in [0.15, 0.2) is 0 Å². The van der Waals surface area contributed by atoms with E-state index in [1.54, 1.807) is 11.9 Å². The van der Waals surface area contributed by atoms with Gasteiger partial charge in [0.2, 0.25) is 0 Å². The van der Waals surface area contributed by atoms with E-state index in [1.807, 2.05) is 32.5 Å². The molecule has 0 bridgehead atoms. The summed E-state index contributed by atoms with van der Waals surface area (Å²) < 4.78 is 18.7. The van der Waals surface area contributed by atoms with Crippen molar-refractivity contribution < 1.29 is 23.8 Å². The van der Waals surface area contributed by atoms with E-state index < -0.39 is 5.60 Å². The maximum absolute atomic E-state index is 12.9. The van der Waals surface area contributed by atoms with Crippen molar-refractivity contribution in [1.29, 1.82) is 0 Å². The van der Waals surface area contributed by atoms with Crippen molar-refractivity contribution in [3.8, 4) is 0 Å². The van der Waals surface area contributed by atoms with Crippen LogP contribution in [0.2, 0.25) is 0 Å². The van der Waals surface area contributed by atoms with Crippen LogP contribution >= 0.6 is 0 Å². The zero-order chi connectivity index (χ0) is 29.0. The first-order valence-electron chi connectivity index (χ1n) is 14.4. The maximum Gasteiger partial charge on any atom is 0.410 e. The number of allylic oxidation sites excluding steroid dienone is 1. The quantitative estimate of drug-likeness (QED) is 0.378. The molecule has 1 saturated heterocycles. The van der Waals surface area contributed by atoms with Crippen molar-refractivity contribution in [2.45, 2.75) is 92.0 Å². The average molecular weight is 547 g/mol. The molecule has 9 heteroatoms. The van der Waals surface area contributed by atoms with Crippen LogP contribution in [0.15, 0.2) is 12.3 Å². The number of aromatic nitrogens is 2. The smallest absolute Gasteiger partial charge is 0.410 e. The van der Waals surface area contributed by atoms with Crippen LogP contribution < -0.4 is 0 Å². The molecule has 0 saturated carbocycles. The molecule has 2 aliphatic rings. The van der Waals surface area contributed by atoms with Gasteiger partial charge < -0.3 is 24.0 Å². The zero-order valence-electron chi connectivity index (χ0n) is 25.6. The van der Waals surface area contributed by atoms with E-state index in [-0.39, 0.29) is 29.6 Å². The van der Waals surface area contributed by atoms with Crippen molar-refractivity contribution in [3.63, 3.8) is 0 Å². The van der Waals surface area contributed by atoms with Crippen LogP contribution in [0.25, 0.3) is 5.57 Å². The normalized spacial score (nSPS) is 23.3. The molecule has 39 heavy (non-hydrogen) atoms. The van der Waals surface area contributed by atoms with Gasteiger partial charge in [0.25, 0.3) is 0 Å². The number of ether oxygens (including phenoxy) is 3. The van der Waals surface area contributed by atoms with E-state index in [2.05, 4.69) is 37.9 Å². The molecule has 0 spiro atoms.